The molecule has 6 nitrogen and oxygen atoms in total. The first-order valence-electron chi connectivity index (χ1n) is 8.88. The summed E-state index contributed by atoms with van der Waals surface area (Å²) >= 11 is 12.1. The first-order valence-corrected chi connectivity index (χ1v) is 9.63. The second kappa shape index (κ2) is 8.27. The molecule has 0 saturated carbocycles. The molecule has 0 aromatic heterocycles. The summed E-state index contributed by atoms with van der Waals surface area (Å²) in [5.41, 5.74) is 0.685. The molecular formula is C18H23Cl2N5O. The molecule has 1 aromatic carbocycles. The average Bonchev–Trinajstić information content (AvgIpc) is 2.99. The molecule has 0 bridgehead atoms. The number of benzene rings is 1. The fourth-order valence-corrected chi connectivity index (χ4v) is 3.30. The molecule has 140 valence electrons. The summed E-state index contributed by atoms with van der Waals surface area (Å²) in [5.74, 6) is 1.09. The van der Waals surface area contributed by atoms with Gasteiger partial charge in [0.25, 0.3) is 0 Å². The third kappa shape index (κ3) is 4.48. The van der Waals surface area contributed by atoms with Crippen molar-refractivity contribution >= 4 is 46.7 Å². The van der Waals surface area contributed by atoms with Gasteiger partial charge >= 0.3 is 0 Å². The van der Waals surface area contributed by atoms with Crippen LogP contribution in [0.2, 0.25) is 10.0 Å². The van der Waals surface area contributed by atoms with Crippen LogP contribution in [-0.4, -0.2) is 53.3 Å². The monoisotopic (exact) mass is 395 g/mol. The van der Waals surface area contributed by atoms with E-state index in [-0.39, 0.29) is 11.9 Å². The molecule has 8 heteroatoms. The van der Waals surface area contributed by atoms with Crippen LogP contribution in [0.1, 0.15) is 33.1 Å². The van der Waals surface area contributed by atoms with Crippen LogP contribution < -0.4 is 5.32 Å². The summed E-state index contributed by atoms with van der Waals surface area (Å²) < 4.78 is 0. The lowest BCUT2D eigenvalue weighted by molar-refractivity contribution is -0.118. The number of rotatable bonds is 2. The van der Waals surface area contributed by atoms with Crippen LogP contribution in [0.5, 0.6) is 0 Å². The van der Waals surface area contributed by atoms with Gasteiger partial charge in [-0.3, -0.25) is 10.1 Å². The highest BCUT2D eigenvalue weighted by atomic mass is 35.5. The number of nitrogens with one attached hydrogen (secondary N) is 1. The van der Waals surface area contributed by atoms with Crippen molar-refractivity contribution in [2.75, 3.05) is 19.6 Å². The minimum Gasteiger partial charge on any atom is -0.341 e. The van der Waals surface area contributed by atoms with Crippen molar-refractivity contribution in [2.45, 2.75) is 39.2 Å². The molecule has 2 aliphatic rings. The van der Waals surface area contributed by atoms with E-state index < -0.39 is 0 Å². The quantitative estimate of drug-likeness (QED) is 0.613. The van der Waals surface area contributed by atoms with Gasteiger partial charge in [0.1, 0.15) is 6.54 Å². The summed E-state index contributed by atoms with van der Waals surface area (Å²) in [6.45, 7) is 6.18. The van der Waals surface area contributed by atoms with E-state index in [1.54, 1.807) is 12.1 Å². The molecule has 0 radical (unpaired) electrons. The van der Waals surface area contributed by atoms with E-state index in [2.05, 4.69) is 10.2 Å². The maximum absolute atomic E-state index is 11.8. The Balaban J connectivity index is 1.97. The number of piperidine rings is 1. The molecular weight excluding hydrogens is 373 g/mol. The molecule has 2 heterocycles. The molecule has 1 N–H and O–H groups in total. The Morgan fingerprint density at radius 2 is 1.88 bits per heavy atom. The molecule has 2 fully saturated rings. The number of hydrogen-bond donors (Lipinski definition) is 1. The van der Waals surface area contributed by atoms with Crippen molar-refractivity contribution in [3.05, 3.63) is 28.2 Å². The van der Waals surface area contributed by atoms with E-state index in [1.165, 1.54) is 6.42 Å². The van der Waals surface area contributed by atoms with Gasteiger partial charge in [-0.15, -0.1) is 0 Å². The third-order valence-corrected chi connectivity index (χ3v) is 5.18. The molecule has 1 aromatic rings. The maximum atomic E-state index is 11.8. The Hall–Kier alpha value is -1.79. The number of hydrogen-bond acceptors (Lipinski definition) is 2. The standard InChI is InChI=1S/C18H23Cl2N5O/c1-12(2)25-11-16(26)22-18(25)23-17(24-8-4-3-5-9-24)21-13-6-7-14(19)15(20)10-13/h6-7,10,12H,3-5,8-9,11H2,1-2H3,(H,21,22,23,26). The summed E-state index contributed by atoms with van der Waals surface area (Å²) in [6, 6.07) is 5.43. The topological polar surface area (TPSA) is 60.3 Å². The average molecular weight is 396 g/mol. The molecule has 0 unspecified atom stereocenters. The van der Waals surface area contributed by atoms with Gasteiger partial charge in [0, 0.05) is 19.1 Å². The second-order valence-corrected chi connectivity index (χ2v) is 7.58. The Morgan fingerprint density at radius 3 is 2.54 bits per heavy atom. The molecule has 3 rings (SSSR count). The summed E-state index contributed by atoms with van der Waals surface area (Å²) in [7, 11) is 0. The van der Waals surface area contributed by atoms with Crippen molar-refractivity contribution in [2.24, 2.45) is 9.98 Å². The first kappa shape index (κ1) is 19.0. The van der Waals surface area contributed by atoms with Crippen LogP contribution in [0.4, 0.5) is 5.69 Å². The highest BCUT2D eigenvalue weighted by Gasteiger charge is 2.28. The molecule has 2 aliphatic heterocycles. The van der Waals surface area contributed by atoms with Crippen molar-refractivity contribution in [3.8, 4) is 0 Å². The van der Waals surface area contributed by atoms with Gasteiger partial charge in [0.05, 0.1) is 15.7 Å². The highest BCUT2D eigenvalue weighted by molar-refractivity contribution is 6.42. The van der Waals surface area contributed by atoms with Crippen molar-refractivity contribution in [3.63, 3.8) is 0 Å². The zero-order valence-corrected chi connectivity index (χ0v) is 16.5. The maximum Gasteiger partial charge on any atom is 0.246 e. The molecule has 26 heavy (non-hydrogen) atoms. The first-order chi connectivity index (χ1) is 12.4. The van der Waals surface area contributed by atoms with E-state index in [0.717, 1.165) is 25.9 Å². The number of guanidine groups is 2. The van der Waals surface area contributed by atoms with Crippen molar-refractivity contribution in [1.82, 2.24) is 15.1 Å². The van der Waals surface area contributed by atoms with E-state index in [4.69, 9.17) is 33.2 Å². The lowest BCUT2D eigenvalue weighted by Gasteiger charge is -2.28. The number of likely N-dealkylation sites (tertiary alicyclic amines) is 1. The SMILES string of the molecule is CC(C)N1CC(=O)N/C1=N/C(=Nc1ccc(Cl)c(Cl)c1)N1CCCCC1. The van der Waals surface area contributed by atoms with Crippen molar-refractivity contribution < 1.29 is 4.79 Å². The van der Waals surface area contributed by atoms with Gasteiger partial charge in [0.15, 0.2) is 0 Å². The molecule has 0 atom stereocenters. The fraction of sp³-hybridized carbons (Fsp3) is 0.500. The Bertz CT molecular complexity index is 741. The number of aliphatic imine (C=N–C) groups is 2. The van der Waals surface area contributed by atoms with Crippen LogP contribution in [0.25, 0.3) is 0 Å². The number of carbonyl (C=O) groups is 1. The predicted molar refractivity (Wildman–Crippen MR) is 106 cm³/mol. The summed E-state index contributed by atoms with van der Waals surface area (Å²) in [5, 5.41) is 3.79. The number of nitrogens with zero attached hydrogens (tertiary/aromatic N) is 4. The van der Waals surface area contributed by atoms with Gasteiger partial charge < -0.3 is 9.80 Å². The highest BCUT2D eigenvalue weighted by Crippen LogP contribution is 2.27. The zero-order valence-electron chi connectivity index (χ0n) is 15.0. The van der Waals surface area contributed by atoms with E-state index in [9.17, 15) is 4.79 Å². The lowest BCUT2D eigenvalue weighted by atomic mass is 10.1. The summed E-state index contributed by atoms with van der Waals surface area (Å²) in [4.78, 5) is 25.4. The van der Waals surface area contributed by atoms with Gasteiger partial charge in [-0.1, -0.05) is 23.2 Å². The number of amides is 1. The minimum atomic E-state index is -0.0509. The van der Waals surface area contributed by atoms with Crippen LogP contribution in [-0.2, 0) is 4.79 Å². The van der Waals surface area contributed by atoms with Crippen LogP contribution in [0.3, 0.4) is 0 Å². The summed E-state index contributed by atoms with van der Waals surface area (Å²) in [6.07, 6.45) is 3.42. The normalized spacial score (nSPS) is 20.3. The van der Waals surface area contributed by atoms with Gasteiger partial charge in [-0.25, -0.2) is 4.99 Å². The van der Waals surface area contributed by atoms with E-state index in [0.29, 0.717) is 34.2 Å². The Labute approximate surface area is 163 Å². The molecule has 0 spiro atoms. The number of carbonyl (C=O) groups excluding carboxylic acids is 1. The van der Waals surface area contributed by atoms with Crippen LogP contribution in [0, 0.1) is 0 Å². The zero-order chi connectivity index (χ0) is 18.7. The van der Waals surface area contributed by atoms with Gasteiger partial charge in [-0.2, -0.15) is 4.99 Å². The Morgan fingerprint density at radius 1 is 1.15 bits per heavy atom. The molecule has 0 aliphatic carbocycles. The van der Waals surface area contributed by atoms with Gasteiger partial charge in [-0.05, 0) is 51.3 Å². The third-order valence-electron chi connectivity index (χ3n) is 4.44. The minimum absolute atomic E-state index is 0.0509. The van der Waals surface area contributed by atoms with Crippen LogP contribution >= 0.6 is 23.2 Å². The number of halogens is 2. The fourth-order valence-electron chi connectivity index (χ4n) is 3.01. The van der Waals surface area contributed by atoms with E-state index in [1.807, 2.05) is 24.8 Å². The molecule has 2 saturated heterocycles. The smallest absolute Gasteiger partial charge is 0.246 e. The second-order valence-electron chi connectivity index (χ2n) is 6.76. The van der Waals surface area contributed by atoms with Crippen molar-refractivity contribution in [1.29, 1.82) is 0 Å². The largest absolute Gasteiger partial charge is 0.341 e. The lowest BCUT2D eigenvalue weighted by Crippen LogP contribution is -2.40. The Kier molecular flexibility index (Phi) is 6.04. The van der Waals surface area contributed by atoms with Gasteiger partial charge in [0.2, 0.25) is 17.8 Å². The molecule has 1 amide bonds. The van der Waals surface area contributed by atoms with Crippen LogP contribution in [0.15, 0.2) is 28.2 Å². The predicted octanol–water partition coefficient (Wildman–Crippen LogP) is 3.66. The van der Waals surface area contributed by atoms with E-state index >= 15 is 0 Å².